The van der Waals surface area contributed by atoms with Crippen LogP contribution < -0.4 is 0 Å². The SMILES string of the molecule is OCC(O)(c1ccc(F)cc1F)C(F)(F)c1ccc(I)cn1. The number of pyridine rings is 1. The lowest BCUT2D eigenvalue weighted by atomic mass is 9.85. The molecular weight excluding hydrogens is 417 g/mol. The molecule has 0 spiro atoms. The van der Waals surface area contributed by atoms with Gasteiger partial charge < -0.3 is 10.2 Å². The van der Waals surface area contributed by atoms with Crippen molar-refractivity contribution in [3.8, 4) is 0 Å². The maximum atomic E-state index is 14.6. The summed E-state index contributed by atoms with van der Waals surface area (Å²) in [4.78, 5) is 3.51. The van der Waals surface area contributed by atoms with E-state index in [0.29, 0.717) is 15.7 Å². The predicted molar refractivity (Wildman–Crippen MR) is 78.2 cm³/mol. The van der Waals surface area contributed by atoms with E-state index in [4.69, 9.17) is 0 Å². The first kappa shape index (κ1) is 17.1. The first-order chi connectivity index (χ1) is 10.2. The van der Waals surface area contributed by atoms with Crippen molar-refractivity contribution in [2.24, 2.45) is 0 Å². The minimum Gasteiger partial charge on any atom is -0.393 e. The highest BCUT2D eigenvalue weighted by Gasteiger charge is 2.57. The van der Waals surface area contributed by atoms with E-state index in [-0.39, 0.29) is 0 Å². The van der Waals surface area contributed by atoms with E-state index >= 15 is 0 Å². The number of alkyl halides is 2. The van der Waals surface area contributed by atoms with Gasteiger partial charge in [0.15, 0.2) is 5.60 Å². The number of hydrogen-bond donors (Lipinski definition) is 2. The van der Waals surface area contributed by atoms with Crippen LogP contribution in [0, 0.1) is 15.2 Å². The second-order valence-corrected chi connectivity index (χ2v) is 5.82. The number of aliphatic hydroxyl groups excluding tert-OH is 1. The van der Waals surface area contributed by atoms with Gasteiger partial charge in [0.1, 0.15) is 17.3 Å². The fourth-order valence-electron chi connectivity index (χ4n) is 1.95. The normalized spacial score (nSPS) is 14.7. The Morgan fingerprint density at radius 3 is 2.32 bits per heavy atom. The van der Waals surface area contributed by atoms with Crippen LogP contribution in [-0.2, 0) is 11.5 Å². The van der Waals surface area contributed by atoms with Gasteiger partial charge in [-0.15, -0.1) is 0 Å². The molecule has 3 nitrogen and oxygen atoms in total. The Morgan fingerprint density at radius 1 is 1.14 bits per heavy atom. The summed E-state index contributed by atoms with van der Waals surface area (Å²) in [6.45, 7) is -1.48. The Bertz CT molecular complexity index is 681. The van der Waals surface area contributed by atoms with E-state index in [9.17, 15) is 27.8 Å². The van der Waals surface area contributed by atoms with E-state index in [0.717, 1.165) is 18.3 Å². The van der Waals surface area contributed by atoms with Crippen molar-refractivity contribution in [1.29, 1.82) is 0 Å². The third-order valence-corrected chi connectivity index (χ3v) is 3.81. The van der Waals surface area contributed by atoms with Crippen LogP contribution in [0.5, 0.6) is 0 Å². The second-order valence-electron chi connectivity index (χ2n) is 4.58. The highest BCUT2D eigenvalue weighted by Crippen LogP contribution is 2.45. The maximum Gasteiger partial charge on any atom is 0.324 e. The molecular formula is C14H10F4INO2. The number of hydrogen-bond acceptors (Lipinski definition) is 3. The third kappa shape index (κ3) is 2.82. The molecule has 1 unspecified atom stereocenters. The van der Waals surface area contributed by atoms with Gasteiger partial charge in [0.25, 0.3) is 0 Å². The lowest BCUT2D eigenvalue weighted by Gasteiger charge is -2.34. The smallest absolute Gasteiger partial charge is 0.324 e. The summed E-state index contributed by atoms with van der Waals surface area (Å²) in [5.74, 6) is -6.47. The Kier molecular flexibility index (Phi) is 4.73. The number of aromatic nitrogens is 1. The summed E-state index contributed by atoms with van der Waals surface area (Å²) in [7, 11) is 0. The van der Waals surface area contributed by atoms with Gasteiger partial charge in [-0.1, -0.05) is 0 Å². The van der Waals surface area contributed by atoms with Gasteiger partial charge in [0.2, 0.25) is 0 Å². The molecule has 0 aliphatic rings. The van der Waals surface area contributed by atoms with Crippen molar-refractivity contribution in [2.45, 2.75) is 11.5 Å². The van der Waals surface area contributed by atoms with Gasteiger partial charge in [-0.3, -0.25) is 4.98 Å². The number of rotatable bonds is 4. The van der Waals surface area contributed by atoms with Crippen molar-refractivity contribution in [2.75, 3.05) is 6.61 Å². The maximum absolute atomic E-state index is 14.6. The molecule has 1 heterocycles. The Morgan fingerprint density at radius 2 is 1.82 bits per heavy atom. The van der Waals surface area contributed by atoms with Crippen molar-refractivity contribution >= 4 is 22.6 Å². The summed E-state index contributed by atoms with van der Waals surface area (Å²) < 4.78 is 56.4. The number of halogens is 5. The molecule has 0 bridgehead atoms. The molecule has 0 aliphatic carbocycles. The standard InChI is InChI=1S/C14H10F4INO2/c15-8-1-3-10(11(16)5-8)13(22,7-21)14(17,18)12-4-2-9(19)6-20-12/h1-6,21-22H,7H2. The van der Waals surface area contributed by atoms with Gasteiger partial charge in [0.05, 0.1) is 6.61 Å². The number of benzene rings is 1. The fraction of sp³-hybridized carbons (Fsp3) is 0.214. The lowest BCUT2D eigenvalue weighted by Crippen LogP contribution is -2.47. The molecule has 1 aromatic carbocycles. The van der Waals surface area contributed by atoms with Crippen LogP contribution in [0.25, 0.3) is 0 Å². The molecule has 8 heteroatoms. The Hall–Kier alpha value is -1.26. The van der Waals surface area contributed by atoms with Gasteiger partial charge in [-0.05, 0) is 46.9 Å². The molecule has 2 rings (SSSR count). The van der Waals surface area contributed by atoms with Gasteiger partial charge in [0, 0.05) is 21.4 Å². The molecule has 2 N–H and O–H groups in total. The topological polar surface area (TPSA) is 53.4 Å². The van der Waals surface area contributed by atoms with E-state index in [1.165, 1.54) is 6.07 Å². The molecule has 0 aliphatic heterocycles. The van der Waals surface area contributed by atoms with Crippen LogP contribution in [0.3, 0.4) is 0 Å². The summed E-state index contributed by atoms with van der Waals surface area (Å²) in [6.07, 6.45) is 1.14. The minimum atomic E-state index is -4.09. The largest absolute Gasteiger partial charge is 0.393 e. The van der Waals surface area contributed by atoms with Crippen LogP contribution >= 0.6 is 22.6 Å². The van der Waals surface area contributed by atoms with Crippen LogP contribution in [0.1, 0.15) is 11.3 Å². The van der Waals surface area contributed by atoms with Gasteiger partial charge >= 0.3 is 5.92 Å². The zero-order valence-electron chi connectivity index (χ0n) is 10.9. The Labute approximate surface area is 136 Å². The molecule has 22 heavy (non-hydrogen) atoms. The van der Waals surface area contributed by atoms with E-state index in [2.05, 4.69) is 4.98 Å². The number of nitrogens with zero attached hydrogens (tertiary/aromatic N) is 1. The van der Waals surface area contributed by atoms with E-state index in [1.54, 1.807) is 0 Å². The predicted octanol–water partition coefficient (Wildman–Crippen LogP) is 2.94. The Balaban J connectivity index is 2.59. The summed E-state index contributed by atoms with van der Waals surface area (Å²) in [5.41, 5.74) is -5.03. The fourth-order valence-corrected chi connectivity index (χ4v) is 2.27. The van der Waals surface area contributed by atoms with Gasteiger partial charge in [-0.25, -0.2) is 8.78 Å². The quantitative estimate of drug-likeness (QED) is 0.583. The van der Waals surface area contributed by atoms with Crippen molar-refractivity contribution < 1.29 is 27.8 Å². The summed E-state index contributed by atoms with van der Waals surface area (Å²) >= 11 is 1.85. The molecule has 0 fully saturated rings. The van der Waals surface area contributed by atoms with Crippen molar-refractivity contribution in [3.05, 3.63) is 63.0 Å². The summed E-state index contributed by atoms with van der Waals surface area (Å²) in [6, 6.07) is 4.03. The van der Waals surface area contributed by atoms with E-state index in [1.807, 2.05) is 22.6 Å². The third-order valence-electron chi connectivity index (χ3n) is 3.17. The monoisotopic (exact) mass is 427 g/mol. The van der Waals surface area contributed by atoms with Crippen molar-refractivity contribution in [3.63, 3.8) is 0 Å². The first-order valence-corrected chi connectivity index (χ1v) is 7.09. The van der Waals surface area contributed by atoms with Crippen LogP contribution in [0.4, 0.5) is 17.6 Å². The molecule has 2 aromatic rings. The van der Waals surface area contributed by atoms with Gasteiger partial charge in [-0.2, -0.15) is 8.78 Å². The molecule has 0 radical (unpaired) electrons. The average Bonchev–Trinajstić information content (AvgIpc) is 2.46. The van der Waals surface area contributed by atoms with Crippen LogP contribution in [0.2, 0.25) is 0 Å². The number of aliphatic hydroxyl groups is 2. The molecule has 0 amide bonds. The second kappa shape index (κ2) is 6.09. The summed E-state index contributed by atoms with van der Waals surface area (Å²) in [5, 5.41) is 19.5. The molecule has 1 atom stereocenters. The van der Waals surface area contributed by atoms with E-state index < -0.39 is 41.0 Å². The molecule has 0 saturated carbocycles. The molecule has 118 valence electrons. The zero-order chi connectivity index (χ0) is 16.5. The lowest BCUT2D eigenvalue weighted by molar-refractivity contribution is -0.216. The molecule has 0 saturated heterocycles. The highest BCUT2D eigenvalue weighted by molar-refractivity contribution is 14.1. The van der Waals surface area contributed by atoms with Crippen LogP contribution in [-0.4, -0.2) is 21.8 Å². The zero-order valence-corrected chi connectivity index (χ0v) is 13.1. The van der Waals surface area contributed by atoms with Crippen LogP contribution in [0.15, 0.2) is 36.5 Å². The van der Waals surface area contributed by atoms with Crippen molar-refractivity contribution in [1.82, 2.24) is 4.98 Å². The highest BCUT2D eigenvalue weighted by atomic mass is 127. The molecule has 1 aromatic heterocycles. The average molecular weight is 427 g/mol. The first-order valence-electron chi connectivity index (χ1n) is 6.01. The minimum absolute atomic E-state index is 0.355.